The minimum absolute atomic E-state index is 0.0561. The van der Waals surface area contributed by atoms with Crippen molar-refractivity contribution in [2.75, 3.05) is 20.3 Å². The molecule has 13 nitrogen and oxygen atoms in total. The second-order valence-corrected chi connectivity index (χ2v) is 16.9. The van der Waals surface area contributed by atoms with Crippen LogP contribution in [0.4, 0.5) is 0 Å². The number of aromatic nitrogens is 1. The standard InChI is InChI=1S/C38H48N4O9S/c1-5-50-33-20-32(27-13-14-31(49-4)24(2)34(27)40-33)51-26-19-29-30(44)22-38(36(46)41-52(47,48)37(3)15-16-37)21-25(38)11-9-7-6-8-10-12-28(39-17-18-43)35(45)42(29)23-26/h9,11,13-14,17-18,20,25-26,28-29H,5-8,10,12,15-16,19,21-23H2,1-4H3,(H,41,46)/b11-9-,39-17?/t25-,26+,28-,29-,38+/m0/s1. The second kappa shape index (κ2) is 15.0. The molecule has 0 radical (unpaired) electrons. The molecule has 2 saturated carbocycles. The summed E-state index contributed by atoms with van der Waals surface area (Å²) in [7, 11) is -2.35. The van der Waals surface area contributed by atoms with Crippen molar-refractivity contribution in [2.45, 2.75) is 108 Å². The number of amides is 2. The lowest BCUT2D eigenvalue weighted by atomic mass is 9.91. The van der Waals surface area contributed by atoms with Gasteiger partial charge in [-0.1, -0.05) is 25.0 Å². The number of aliphatic imine (C=N–C) groups is 1. The van der Waals surface area contributed by atoms with Crippen molar-refractivity contribution in [3.8, 4) is 17.4 Å². The molecule has 280 valence electrons. The Kier molecular flexibility index (Phi) is 10.8. The number of aldehydes is 1. The van der Waals surface area contributed by atoms with E-state index in [1.165, 1.54) is 4.90 Å². The van der Waals surface area contributed by atoms with Gasteiger partial charge in [0.05, 0.1) is 48.2 Å². The zero-order valence-electron chi connectivity index (χ0n) is 30.3. The minimum Gasteiger partial charge on any atom is -0.496 e. The third kappa shape index (κ3) is 7.44. The summed E-state index contributed by atoms with van der Waals surface area (Å²) in [5.74, 6) is -0.293. The third-order valence-corrected chi connectivity index (χ3v) is 13.2. The van der Waals surface area contributed by atoms with E-state index in [2.05, 4.69) is 14.7 Å². The molecular formula is C38H48N4O9S. The van der Waals surface area contributed by atoms with Crippen molar-refractivity contribution in [3.05, 3.63) is 35.9 Å². The summed E-state index contributed by atoms with van der Waals surface area (Å²) in [6.07, 6.45) is 9.51. The number of hydrogen-bond acceptors (Lipinski definition) is 11. The first-order chi connectivity index (χ1) is 24.9. The molecule has 3 fully saturated rings. The van der Waals surface area contributed by atoms with Crippen LogP contribution in [0.1, 0.15) is 83.6 Å². The molecule has 2 aromatic rings. The predicted molar refractivity (Wildman–Crippen MR) is 194 cm³/mol. The molecule has 0 bridgehead atoms. The number of fused-ring (bicyclic) bond motifs is 3. The third-order valence-electron chi connectivity index (χ3n) is 11.1. The fourth-order valence-corrected chi connectivity index (χ4v) is 8.82. The molecule has 6 rings (SSSR count). The lowest BCUT2D eigenvalue weighted by Gasteiger charge is -2.27. The SMILES string of the molecule is CCOc1cc(O[C@@H]2C[C@H]3C(=O)C[C@]4(C(=O)NS(=O)(=O)C5(C)CC5)C[C@@H]4/C=C\CCCCC[C@H](N=CC=O)C(=O)N3C2)c2ccc(OC)c(C)c2n1. The van der Waals surface area contributed by atoms with E-state index in [1.54, 1.807) is 20.1 Å². The van der Waals surface area contributed by atoms with Crippen LogP contribution in [0.2, 0.25) is 0 Å². The van der Waals surface area contributed by atoms with Gasteiger partial charge in [0.25, 0.3) is 0 Å². The Balaban J connectivity index is 1.34. The number of carbonyl (C=O) groups is 4. The molecule has 1 N–H and O–H groups in total. The first-order valence-corrected chi connectivity index (χ1v) is 19.7. The summed E-state index contributed by atoms with van der Waals surface area (Å²) < 4.78 is 45.5. The van der Waals surface area contributed by atoms with Crippen molar-refractivity contribution in [1.82, 2.24) is 14.6 Å². The number of nitrogens with zero attached hydrogens (tertiary/aromatic N) is 3. The average Bonchev–Trinajstić information content (AvgIpc) is 3.99. The number of carbonyl (C=O) groups excluding carboxylic acids is 4. The zero-order valence-corrected chi connectivity index (χ0v) is 31.1. The summed E-state index contributed by atoms with van der Waals surface area (Å²) in [4.78, 5) is 64.3. The molecule has 4 aliphatic rings. The number of methoxy groups -OCH3 is 1. The van der Waals surface area contributed by atoms with Crippen LogP contribution in [0.25, 0.3) is 10.9 Å². The topological polar surface area (TPSA) is 171 Å². The van der Waals surface area contributed by atoms with Gasteiger partial charge in [0.1, 0.15) is 23.6 Å². The molecule has 2 amide bonds. The molecule has 2 aliphatic carbocycles. The van der Waals surface area contributed by atoms with E-state index >= 15 is 0 Å². The number of pyridine rings is 1. The van der Waals surface area contributed by atoms with Crippen molar-refractivity contribution >= 4 is 51.0 Å². The smallest absolute Gasteiger partial charge is 0.248 e. The van der Waals surface area contributed by atoms with Crippen LogP contribution in [0.15, 0.2) is 35.3 Å². The van der Waals surface area contributed by atoms with Gasteiger partial charge in [-0.15, -0.1) is 0 Å². The average molecular weight is 737 g/mol. The Labute approximate surface area is 304 Å². The molecule has 1 saturated heterocycles. The quantitative estimate of drug-likeness (QED) is 0.209. The van der Waals surface area contributed by atoms with Gasteiger partial charge >= 0.3 is 0 Å². The number of allylic oxidation sites excluding steroid dienone is 2. The van der Waals surface area contributed by atoms with Crippen molar-refractivity contribution in [3.63, 3.8) is 0 Å². The number of sulfonamides is 1. The molecule has 1 aromatic heterocycles. The largest absolute Gasteiger partial charge is 0.496 e. The van der Waals surface area contributed by atoms with Gasteiger partial charge in [-0.05, 0) is 77.3 Å². The first-order valence-electron chi connectivity index (χ1n) is 18.2. The number of hydrogen-bond donors (Lipinski definition) is 1. The van der Waals surface area contributed by atoms with E-state index in [4.69, 9.17) is 14.2 Å². The fraction of sp³-hybridized carbons (Fsp3) is 0.579. The van der Waals surface area contributed by atoms with Gasteiger partial charge in [-0.3, -0.25) is 28.9 Å². The summed E-state index contributed by atoms with van der Waals surface area (Å²) in [6.45, 7) is 5.78. The highest BCUT2D eigenvalue weighted by Crippen LogP contribution is 2.57. The van der Waals surface area contributed by atoms with Gasteiger partial charge in [0.15, 0.2) is 12.1 Å². The lowest BCUT2D eigenvalue weighted by molar-refractivity contribution is -0.140. The number of nitrogens with one attached hydrogen (secondary N) is 1. The van der Waals surface area contributed by atoms with Gasteiger partial charge in [-0.2, -0.15) is 0 Å². The molecule has 0 unspecified atom stereocenters. The maximum atomic E-state index is 14.4. The van der Waals surface area contributed by atoms with Crippen LogP contribution < -0.4 is 18.9 Å². The first kappa shape index (κ1) is 37.4. The highest BCUT2D eigenvalue weighted by molar-refractivity contribution is 7.91. The summed E-state index contributed by atoms with van der Waals surface area (Å²) >= 11 is 0. The van der Waals surface area contributed by atoms with E-state index in [9.17, 15) is 27.6 Å². The number of rotatable bonds is 10. The highest BCUT2D eigenvalue weighted by Gasteiger charge is 2.62. The highest BCUT2D eigenvalue weighted by atomic mass is 32.2. The molecule has 1 aromatic carbocycles. The molecule has 3 heterocycles. The molecule has 5 atom stereocenters. The molecule has 2 aliphatic heterocycles. The lowest BCUT2D eigenvalue weighted by Crippen LogP contribution is -2.47. The van der Waals surface area contributed by atoms with Crippen LogP contribution in [-0.2, 0) is 29.2 Å². The maximum Gasteiger partial charge on any atom is 0.248 e. The molecular weight excluding hydrogens is 689 g/mol. The van der Waals surface area contributed by atoms with Crippen molar-refractivity contribution < 1.29 is 41.8 Å². The van der Waals surface area contributed by atoms with E-state index < -0.39 is 50.2 Å². The second-order valence-electron chi connectivity index (χ2n) is 14.7. The Morgan fingerprint density at radius 3 is 2.67 bits per heavy atom. The number of ketones is 1. The van der Waals surface area contributed by atoms with Crippen LogP contribution in [0, 0.1) is 18.3 Å². The normalized spacial score (nSPS) is 28.3. The minimum atomic E-state index is -3.94. The Morgan fingerprint density at radius 2 is 1.96 bits per heavy atom. The molecule has 52 heavy (non-hydrogen) atoms. The van der Waals surface area contributed by atoms with Crippen LogP contribution in [0.3, 0.4) is 0 Å². The monoisotopic (exact) mass is 736 g/mol. The Bertz CT molecular complexity index is 1910. The Morgan fingerprint density at radius 1 is 1.17 bits per heavy atom. The fourth-order valence-electron chi connectivity index (χ4n) is 7.49. The van der Waals surface area contributed by atoms with Gasteiger partial charge in [0.2, 0.25) is 27.7 Å². The Hall–Kier alpha value is -4.33. The summed E-state index contributed by atoms with van der Waals surface area (Å²) in [6, 6.07) is 3.51. The predicted octanol–water partition coefficient (Wildman–Crippen LogP) is 4.42. The number of Topliss-reactive ketones (excluding diaryl/α,β-unsaturated/α-hetero) is 1. The molecule has 14 heteroatoms. The maximum absolute atomic E-state index is 14.4. The van der Waals surface area contributed by atoms with E-state index in [1.807, 2.05) is 38.1 Å². The van der Waals surface area contributed by atoms with Gasteiger partial charge < -0.3 is 19.1 Å². The van der Waals surface area contributed by atoms with Crippen molar-refractivity contribution in [1.29, 1.82) is 0 Å². The number of benzene rings is 1. The number of aryl methyl sites for hydroxylation is 1. The van der Waals surface area contributed by atoms with Crippen LogP contribution in [-0.4, -0.2) is 91.6 Å². The van der Waals surface area contributed by atoms with E-state index in [0.29, 0.717) is 73.3 Å². The van der Waals surface area contributed by atoms with Crippen LogP contribution >= 0.6 is 0 Å². The zero-order chi connectivity index (χ0) is 37.3. The van der Waals surface area contributed by atoms with E-state index in [-0.39, 0.29) is 31.1 Å². The van der Waals surface area contributed by atoms with Crippen molar-refractivity contribution in [2.24, 2.45) is 16.3 Å². The van der Waals surface area contributed by atoms with Crippen LogP contribution in [0.5, 0.6) is 17.4 Å². The molecule has 0 spiro atoms. The number of ether oxygens (including phenoxy) is 3. The van der Waals surface area contributed by atoms with Gasteiger partial charge in [0, 0.05) is 29.9 Å². The summed E-state index contributed by atoms with van der Waals surface area (Å²) in [5, 5.41) is 0.700. The van der Waals surface area contributed by atoms with E-state index in [0.717, 1.165) is 31.0 Å². The van der Waals surface area contributed by atoms with Gasteiger partial charge in [-0.25, -0.2) is 13.4 Å². The summed E-state index contributed by atoms with van der Waals surface area (Å²) in [5.41, 5.74) is 0.166.